The topological polar surface area (TPSA) is 26.2 Å². The summed E-state index contributed by atoms with van der Waals surface area (Å²) >= 11 is 6.35. The first-order chi connectivity index (χ1) is 8.77. The van der Waals surface area contributed by atoms with Crippen LogP contribution in [0, 0.1) is 0 Å². The summed E-state index contributed by atoms with van der Waals surface area (Å²) in [5.74, 6) is 0. The summed E-state index contributed by atoms with van der Waals surface area (Å²) in [7, 11) is 2.06. The van der Waals surface area contributed by atoms with Gasteiger partial charge in [-0.05, 0) is 30.7 Å². The second-order valence-corrected chi connectivity index (χ2v) is 5.17. The molecule has 0 amide bonds. The molecule has 2 aromatic rings. The van der Waals surface area contributed by atoms with Gasteiger partial charge in [-0.3, -0.25) is 0 Å². The lowest BCUT2D eigenvalue weighted by atomic mass is 10.1. The maximum absolute atomic E-state index is 6.35. The van der Waals surface area contributed by atoms with Gasteiger partial charge in [0.25, 0.3) is 0 Å². The third-order valence-electron chi connectivity index (χ3n) is 3.51. The van der Waals surface area contributed by atoms with Gasteiger partial charge in [-0.15, -0.1) is 0 Å². The van der Waals surface area contributed by atoms with Gasteiger partial charge in [-0.2, -0.15) is 0 Å². The van der Waals surface area contributed by atoms with Crippen LogP contribution in [-0.4, -0.2) is 24.3 Å². The van der Waals surface area contributed by atoms with Crippen LogP contribution in [0.2, 0.25) is 5.02 Å². The van der Waals surface area contributed by atoms with E-state index in [1.54, 1.807) is 0 Å². The van der Waals surface area contributed by atoms with E-state index in [0.717, 1.165) is 30.0 Å². The highest BCUT2D eigenvalue weighted by Gasteiger charge is 2.20. The van der Waals surface area contributed by atoms with Gasteiger partial charge in [0.1, 0.15) is 0 Å². The molecule has 1 N–H and O–H groups in total. The molecule has 4 heteroatoms. The SMILES string of the molecule is Cn1cc(C2COCCCN2)c2c(Cl)cccc21. The van der Waals surface area contributed by atoms with Crippen molar-refractivity contribution >= 4 is 22.5 Å². The third kappa shape index (κ3) is 2.03. The first-order valence-corrected chi connectivity index (χ1v) is 6.70. The van der Waals surface area contributed by atoms with Gasteiger partial charge in [-0.25, -0.2) is 0 Å². The van der Waals surface area contributed by atoms with Crippen LogP contribution in [0.1, 0.15) is 18.0 Å². The first kappa shape index (κ1) is 12.0. The van der Waals surface area contributed by atoms with Crippen LogP contribution in [-0.2, 0) is 11.8 Å². The minimum atomic E-state index is 0.232. The van der Waals surface area contributed by atoms with E-state index in [4.69, 9.17) is 16.3 Å². The second-order valence-electron chi connectivity index (χ2n) is 4.76. The summed E-state index contributed by atoms with van der Waals surface area (Å²) in [6.45, 7) is 2.54. The zero-order valence-corrected chi connectivity index (χ0v) is 11.2. The highest BCUT2D eigenvalue weighted by atomic mass is 35.5. The molecule has 1 fully saturated rings. The van der Waals surface area contributed by atoms with E-state index in [1.165, 1.54) is 11.1 Å². The van der Waals surface area contributed by atoms with Gasteiger partial charge in [0.2, 0.25) is 0 Å². The Morgan fingerprint density at radius 3 is 3.22 bits per heavy atom. The molecule has 0 radical (unpaired) electrons. The Kier molecular flexibility index (Phi) is 3.29. The van der Waals surface area contributed by atoms with Gasteiger partial charge in [0.15, 0.2) is 0 Å². The monoisotopic (exact) mass is 264 g/mol. The number of fused-ring (bicyclic) bond motifs is 1. The number of benzene rings is 1. The predicted molar refractivity (Wildman–Crippen MR) is 74.1 cm³/mol. The molecule has 1 aliphatic heterocycles. The van der Waals surface area contributed by atoms with E-state index >= 15 is 0 Å². The molecule has 1 atom stereocenters. The molecule has 1 aromatic carbocycles. The van der Waals surface area contributed by atoms with Gasteiger partial charge in [0.05, 0.1) is 17.7 Å². The van der Waals surface area contributed by atoms with Crippen LogP contribution >= 0.6 is 11.6 Å². The second kappa shape index (κ2) is 4.92. The van der Waals surface area contributed by atoms with Crippen LogP contribution in [0.25, 0.3) is 10.9 Å². The van der Waals surface area contributed by atoms with Crippen molar-refractivity contribution in [3.8, 4) is 0 Å². The van der Waals surface area contributed by atoms with Gasteiger partial charge in [-0.1, -0.05) is 17.7 Å². The summed E-state index contributed by atoms with van der Waals surface area (Å²) < 4.78 is 7.77. The molecular weight excluding hydrogens is 248 g/mol. The van der Waals surface area contributed by atoms with Crippen molar-refractivity contribution in [2.45, 2.75) is 12.5 Å². The molecule has 18 heavy (non-hydrogen) atoms. The highest BCUT2D eigenvalue weighted by Crippen LogP contribution is 2.32. The summed E-state index contributed by atoms with van der Waals surface area (Å²) in [5.41, 5.74) is 2.41. The zero-order valence-electron chi connectivity index (χ0n) is 10.4. The van der Waals surface area contributed by atoms with E-state index < -0.39 is 0 Å². The van der Waals surface area contributed by atoms with Crippen molar-refractivity contribution in [3.05, 3.63) is 35.0 Å². The molecule has 1 aliphatic rings. The molecule has 1 saturated heterocycles. The summed E-state index contributed by atoms with van der Waals surface area (Å²) in [6, 6.07) is 6.27. The third-order valence-corrected chi connectivity index (χ3v) is 3.82. The number of hydrogen-bond donors (Lipinski definition) is 1. The van der Waals surface area contributed by atoms with Crippen LogP contribution in [0.5, 0.6) is 0 Å². The summed E-state index contributed by atoms with van der Waals surface area (Å²) in [6.07, 6.45) is 3.22. The van der Waals surface area contributed by atoms with Crippen LogP contribution in [0.4, 0.5) is 0 Å². The smallest absolute Gasteiger partial charge is 0.0662 e. The Balaban J connectivity index is 2.10. The molecule has 0 spiro atoms. The molecule has 96 valence electrons. The van der Waals surface area contributed by atoms with E-state index in [2.05, 4.69) is 29.2 Å². The van der Waals surface area contributed by atoms with E-state index in [0.29, 0.717) is 6.61 Å². The number of ether oxygens (including phenoxy) is 1. The molecule has 3 rings (SSSR count). The van der Waals surface area contributed by atoms with Crippen LogP contribution in [0.15, 0.2) is 24.4 Å². The number of hydrogen-bond acceptors (Lipinski definition) is 2. The molecule has 1 unspecified atom stereocenters. The maximum atomic E-state index is 6.35. The van der Waals surface area contributed by atoms with Crippen molar-refractivity contribution < 1.29 is 4.74 Å². The number of nitrogens with one attached hydrogen (secondary N) is 1. The lowest BCUT2D eigenvalue weighted by molar-refractivity contribution is 0.132. The number of rotatable bonds is 1. The predicted octanol–water partition coefficient (Wildman–Crippen LogP) is 2.88. The van der Waals surface area contributed by atoms with Gasteiger partial charge < -0.3 is 14.6 Å². The Hall–Kier alpha value is -1.03. The fourth-order valence-corrected chi connectivity index (χ4v) is 2.89. The minimum absolute atomic E-state index is 0.232. The fourth-order valence-electron chi connectivity index (χ4n) is 2.61. The number of nitrogens with zero attached hydrogens (tertiary/aromatic N) is 1. The lowest BCUT2D eigenvalue weighted by Crippen LogP contribution is -2.23. The molecule has 0 saturated carbocycles. The number of halogens is 1. The largest absolute Gasteiger partial charge is 0.379 e. The zero-order chi connectivity index (χ0) is 12.5. The normalized spacial score (nSPS) is 21.1. The standard InChI is InChI=1S/C14H17ClN2O/c1-17-8-10(12-9-18-7-3-6-16-12)14-11(15)4-2-5-13(14)17/h2,4-5,8,12,16H,3,6-7,9H2,1H3. The first-order valence-electron chi connectivity index (χ1n) is 6.32. The number of aryl methyl sites for hydroxylation is 1. The average molecular weight is 265 g/mol. The van der Waals surface area contributed by atoms with Crippen molar-refractivity contribution in [1.29, 1.82) is 0 Å². The fraction of sp³-hybridized carbons (Fsp3) is 0.429. The highest BCUT2D eigenvalue weighted by molar-refractivity contribution is 6.35. The Bertz CT molecular complexity index is 556. The molecule has 0 bridgehead atoms. The molecule has 1 aromatic heterocycles. The van der Waals surface area contributed by atoms with Crippen molar-refractivity contribution in [2.75, 3.05) is 19.8 Å². The summed E-state index contributed by atoms with van der Waals surface area (Å²) in [4.78, 5) is 0. The van der Waals surface area contributed by atoms with Crippen LogP contribution < -0.4 is 5.32 Å². The number of aromatic nitrogens is 1. The van der Waals surface area contributed by atoms with Crippen molar-refractivity contribution in [1.82, 2.24) is 9.88 Å². The maximum Gasteiger partial charge on any atom is 0.0662 e. The Morgan fingerprint density at radius 1 is 1.44 bits per heavy atom. The Morgan fingerprint density at radius 2 is 2.33 bits per heavy atom. The lowest BCUT2D eigenvalue weighted by Gasteiger charge is -2.14. The molecule has 2 heterocycles. The molecular formula is C14H17ClN2O. The summed E-state index contributed by atoms with van der Waals surface area (Å²) in [5, 5.41) is 5.49. The molecule has 3 nitrogen and oxygen atoms in total. The quantitative estimate of drug-likeness (QED) is 0.857. The van der Waals surface area contributed by atoms with Gasteiger partial charge >= 0.3 is 0 Å². The average Bonchev–Trinajstić information content (AvgIpc) is 2.56. The Labute approximate surface area is 112 Å². The van der Waals surface area contributed by atoms with E-state index in [-0.39, 0.29) is 6.04 Å². The van der Waals surface area contributed by atoms with Crippen molar-refractivity contribution in [3.63, 3.8) is 0 Å². The van der Waals surface area contributed by atoms with E-state index in [9.17, 15) is 0 Å². The minimum Gasteiger partial charge on any atom is -0.379 e. The van der Waals surface area contributed by atoms with Crippen molar-refractivity contribution in [2.24, 2.45) is 7.05 Å². The van der Waals surface area contributed by atoms with Crippen LogP contribution in [0.3, 0.4) is 0 Å². The molecule has 0 aliphatic carbocycles. The van der Waals surface area contributed by atoms with Gasteiger partial charge in [0, 0.05) is 30.8 Å². The van der Waals surface area contributed by atoms with E-state index in [1.807, 2.05) is 12.1 Å².